The van der Waals surface area contributed by atoms with Crippen molar-refractivity contribution in [3.05, 3.63) is 40.8 Å². The number of anilines is 1. The van der Waals surface area contributed by atoms with Gasteiger partial charge in [0.25, 0.3) is 0 Å². The van der Waals surface area contributed by atoms with E-state index in [1.807, 2.05) is 12.3 Å². The lowest BCUT2D eigenvalue weighted by molar-refractivity contribution is -0.124. The number of amides is 1. The molecule has 0 spiro atoms. The summed E-state index contributed by atoms with van der Waals surface area (Å²) >= 11 is 1.42. The van der Waals surface area contributed by atoms with Crippen molar-refractivity contribution < 1.29 is 14.3 Å². The quantitative estimate of drug-likeness (QED) is 0.438. The number of nitrogens with one attached hydrogen (secondary N) is 1. The lowest BCUT2D eigenvalue weighted by Gasteiger charge is -2.56. The van der Waals surface area contributed by atoms with E-state index in [1.54, 1.807) is 0 Å². The topological polar surface area (TPSA) is 55.4 Å². The second-order valence-corrected chi connectivity index (χ2v) is 12.9. The first-order valence-electron chi connectivity index (χ1n) is 12.9. The summed E-state index contributed by atoms with van der Waals surface area (Å²) in [4.78, 5) is 26.2. The normalized spacial score (nSPS) is 27.6. The third-order valence-electron chi connectivity index (χ3n) is 8.29. The van der Waals surface area contributed by atoms with Crippen LogP contribution in [0.3, 0.4) is 0 Å². The van der Waals surface area contributed by atoms with Crippen molar-refractivity contribution in [3.8, 4) is 11.1 Å². The summed E-state index contributed by atoms with van der Waals surface area (Å²) in [7, 11) is 0. The van der Waals surface area contributed by atoms with E-state index in [2.05, 4.69) is 50.4 Å². The summed E-state index contributed by atoms with van der Waals surface area (Å²) in [5.74, 6) is 2.13. The molecule has 0 radical (unpaired) electrons. The molecule has 4 fully saturated rings. The van der Waals surface area contributed by atoms with E-state index < -0.39 is 0 Å². The smallest absolute Gasteiger partial charge is 0.341 e. The van der Waals surface area contributed by atoms with Gasteiger partial charge >= 0.3 is 5.97 Å². The van der Waals surface area contributed by atoms with Crippen molar-refractivity contribution >= 4 is 28.2 Å². The highest BCUT2D eigenvalue weighted by Crippen LogP contribution is 2.61. The molecule has 4 aliphatic carbocycles. The van der Waals surface area contributed by atoms with Crippen molar-refractivity contribution in [2.75, 3.05) is 11.9 Å². The molecule has 4 saturated carbocycles. The predicted octanol–water partition coefficient (Wildman–Crippen LogP) is 7.43. The van der Waals surface area contributed by atoms with Gasteiger partial charge in [-0.2, -0.15) is 0 Å². The third kappa shape index (κ3) is 4.56. The summed E-state index contributed by atoms with van der Waals surface area (Å²) in [6.07, 6.45) is 8.29. The maximum absolute atomic E-state index is 13.3. The van der Waals surface area contributed by atoms with Gasteiger partial charge in [-0.1, -0.05) is 45.0 Å². The number of ether oxygens (including phenoxy) is 1. The molecule has 0 atom stereocenters. The highest BCUT2D eigenvalue weighted by atomic mass is 32.1. The molecule has 5 heteroatoms. The van der Waals surface area contributed by atoms with E-state index in [4.69, 9.17) is 4.74 Å². The zero-order chi connectivity index (χ0) is 24.1. The zero-order valence-electron chi connectivity index (χ0n) is 20.9. The van der Waals surface area contributed by atoms with E-state index in [1.165, 1.54) is 55.4 Å². The summed E-state index contributed by atoms with van der Waals surface area (Å²) in [5, 5.41) is 5.71. The van der Waals surface area contributed by atoms with Crippen LogP contribution in [0.2, 0.25) is 0 Å². The molecule has 182 valence electrons. The molecule has 4 bridgehead atoms. The van der Waals surface area contributed by atoms with Crippen LogP contribution in [0, 0.1) is 23.2 Å². The van der Waals surface area contributed by atoms with Gasteiger partial charge in [0.15, 0.2) is 0 Å². The van der Waals surface area contributed by atoms with Crippen molar-refractivity contribution in [2.45, 2.75) is 78.1 Å². The largest absolute Gasteiger partial charge is 0.462 e. The van der Waals surface area contributed by atoms with Gasteiger partial charge in [-0.05, 0) is 85.2 Å². The van der Waals surface area contributed by atoms with E-state index in [0.717, 1.165) is 28.9 Å². The molecule has 0 saturated heterocycles. The Bertz CT molecular complexity index is 1040. The minimum Gasteiger partial charge on any atom is -0.462 e. The van der Waals surface area contributed by atoms with Crippen LogP contribution in [-0.4, -0.2) is 18.5 Å². The fourth-order valence-corrected chi connectivity index (χ4v) is 8.21. The Labute approximate surface area is 207 Å². The van der Waals surface area contributed by atoms with Crippen LogP contribution in [-0.2, 0) is 14.9 Å². The van der Waals surface area contributed by atoms with Crippen LogP contribution in [0.4, 0.5) is 5.00 Å². The molecule has 1 heterocycles. The predicted molar refractivity (Wildman–Crippen MR) is 138 cm³/mol. The van der Waals surface area contributed by atoms with Crippen molar-refractivity contribution in [1.82, 2.24) is 0 Å². The molecule has 4 aliphatic rings. The first kappa shape index (κ1) is 23.6. The molecule has 1 aromatic carbocycles. The number of rotatable bonds is 6. The Kier molecular flexibility index (Phi) is 6.12. The number of benzene rings is 1. The SMILES string of the molecule is CCOC(=O)c1c(-c2ccc(C(C)(C)C)cc2)csc1NC(=O)CC12CC3CC(CC(C3)C1)C2. The van der Waals surface area contributed by atoms with Crippen LogP contribution in [0.15, 0.2) is 29.6 Å². The highest BCUT2D eigenvalue weighted by Gasteiger charge is 2.51. The van der Waals surface area contributed by atoms with Gasteiger partial charge in [0.1, 0.15) is 10.6 Å². The summed E-state index contributed by atoms with van der Waals surface area (Å²) in [5.41, 5.74) is 3.75. The fraction of sp³-hybridized carbons (Fsp3) is 0.586. The Morgan fingerprint density at radius 3 is 2.15 bits per heavy atom. The molecule has 1 aromatic heterocycles. The number of hydrogen-bond donors (Lipinski definition) is 1. The average Bonchev–Trinajstić information content (AvgIpc) is 3.15. The van der Waals surface area contributed by atoms with Crippen LogP contribution >= 0.6 is 11.3 Å². The van der Waals surface area contributed by atoms with Crippen LogP contribution < -0.4 is 5.32 Å². The molecule has 34 heavy (non-hydrogen) atoms. The molecule has 1 N–H and O–H groups in total. The Morgan fingerprint density at radius 1 is 1.03 bits per heavy atom. The second kappa shape index (κ2) is 8.82. The van der Waals surface area contributed by atoms with Gasteiger partial charge in [-0.3, -0.25) is 4.79 Å². The minimum absolute atomic E-state index is 0.0454. The molecule has 4 nitrogen and oxygen atoms in total. The van der Waals surface area contributed by atoms with Gasteiger partial charge in [0.05, 0.1) is 6.61 Å². The van der Waals surface area contributed by atoms with Crippen molar-refractivity contribution in [3.63, 3.8) is 0 Å². The molecular formula is C29H37NO3S. The number of thiophene rings is 1. The standard InChI is InChI=1S/C29H37NO3S/c1-5-33-27(32)25-23(21-6-8-22(9-7-21)28(2,3)4)17-34-26(25)30-24(31)16-29-13-18-10-19(14-29)12-20(11-18)15-29/h6-9,17-20H,5,10-16H2,1-4H3,(H,30,31). The highest BCUT2D eigenvalue weighted by molar-refractivity contribution is 7.15. The lowest BCUT2D eigenvalue weighted by atomic mass is 9.49. The molecule has 6 rings (SSSR count). The summed E-state index contributed by atoms with van der Waals surface area (Å²) in [6, 6.07) is 8.36. The maximum Gasteiger partial charge on any atom is 0.341 e. The Balaban J connectivity index is 1.38. The maximum atomic E-state index is 13.3. The van der Waals surface area contributed by atoms with Gasteiger partial charge in [-0.15, -0.1) is 11.3 Å². The lowest BCUT2D eigenvalue weighted by Crippen LogP contribution is -2.47. The number of esters is 1. The first-order chi connectivity index (χ1) is 16.2. The summed E-state index contributed by atoms with van der Waals surface area (Å²) < 4.78 is 5.40. The summed E-state index contributed by atoms with van der Waals surface area (Å²) in [6.45, 7) is 8.68. The van der Waals surface area contributed by atoms with E-state index in [0.29, 0.717) is 23.6 Å². The average molecular weight is 480 g/mol. The van der Waals surface area contributed by atoms with Gasteiger partial charge < -0.3 is 10.1 Å². The van der Waals surface area contributed by atoms with Crippen molar-refractivity contribution in [2.24, 2.45) is 23.2 Å². The zero-order valence-corrected chi connectivity index (χ0v) is 21.7. The second-order valence-electron chi connectivity index (χ2n) is 12.0. The van der Waals surface area contributed by atoms with Crippen molar-refractivity contribution in [1.29, 1.82) is 0 Å². The van der Waals surface area contributed by atoms with Crippen LogP contribution in [0.5, 0.6) is 0 Å². The number of hydrogen-bond acceptors (Lipinski definition) is 4. The van der Waals surface area contributed by atoms with Gasteiger partial charge in [0.2, 0.25) is 5.91 Å². The number of carbonyl (C=O) groups excluding carboxylic acids is 2. The molecule has 0 aliphatic heterocycles. The van der Waals surface area contributed by atoms with Gasteiger partial charge in [-0.25, -0.2) is 4.79 Å². The Hall–Kier alpha value is -2.14. The van der Waals surface area contributed by atoms with E-state index in [-0.39, 0.29) is 22.7 Å². The Morgan fingerprint density at radius 2 is 1.62 bits per heavy atom. The van der Waals surface area contributed by atoms with E-state index >= 15 is 0 Å². The number of carbonyl (C=O) groups is 2. The molecule has 1 amide bonds. The molecular weight excluding hydrogens is 442 g/mol. The van der Waals surface area contributed by atoms with Crippen LogP contribution in [0.1, 0.15) is 88.6 Å². The molecule has 0 unspecified atom stereocenters. The monoisotopic (exact) mass is 479 g/mol. The third-order valence-corrected chi connectivity index (χ3v) is 9.18. The first-order valence-corrected chi connectivity index (χ1v) is 13.7. The van der Waals surface area contributed by atoms with Crippen LogP contribution in [0.25, 0.3) is 11.1 Å². The van der Waals surface area contributed by atoms with E-state index in [9.17, 15) is 9.59 Å². The fourth-order valence-electron chi connectivity index (χ4n) is 7.24. The van der Waals surface area contributed by atoms with Gasteiger partial charge in [0, 0.05) is 17.4 Å². The molecule has 2 aromatic rings. The minimum atomic E-state index is -0.372.